The first-order chi connectivity index (χ1) is 14.4. The fourth-order valence-electron chi connectivity index (χ4n) is 3.45. The Bertz CT molecular complexity index is 986. The van der Waals surface area contributed by atoms with Crippen molar-refractivity contribution < 1.29 is 22.5 Å². The minimum atomic E-state index is -4.40. The summed E-state index contributed by atoms with van der Waals surface area (Å²) in [5, 5.41) is 10.6. The zero-order chi connectivity index (χ0) is 21.1. The van der Waals surface area contributed by atoms with Gasteiger partial charge >= 0.3 is 12.2 Å². The van der Waals surface area contributed by atoms with E-state index in [1.54, 1.807) is 16.2 Å². The molecule has 1 fully saturated rings. The SMILES string of the molecule is O=C(Nc1ccc(C(F)(F)F)cc1)N1CCC[C@H](Cc2nc(-c3ccsc3)no2)C1. The summed E-state index contributed by atoms with van der Waals surface area (Å²) in [5.41, 5.74) is 0.489. The van der Waals surface area contributed by atoms with Crippen molar-refractivity contribution in [3.05, 3.63) is 52.5 Å². The van der Waals surface area contributed by atoms with Crippen LogP contribution in [0.15, 0.2) is 45.6 Å². The van der Waals surface area contributed by atoms with Crippen LogP contribution in [0.2, 0.25) is 0 Å². The molecule has 1 aliphatic heterocycles. The van der Waals surface area contributed by atoms with E-state index in [0.29, 0.717) is 36.9 Å². The molecule has 4 rings (SSSR count). The Hall–Kier alpha value is -2.88. The second kappa shape index (κ2) is 8.47. The number of benzene rings is 1. The van der Waals surface area contributed by atoms with Crippen LogP contribution in [0.1, 0.15) is 24.3 Å². The van der Waals surface area contributed by atoms with Crippen LogP contribution in [0.3, 0.4) is 0 Å². The first-order valence-electron chi connectivity index (χ1n) is 9.47. The maximum absolute atomic E-state index is 12.7. The van der Waals surface area contributed by atoms with Gasteiger partial charge in [0.05, 0.1) is 5.56 Å². The molecular formula is C20H19F3N4O2S. The van der Waals surface area contributed by atoms with Gasteiger partial charge in [0.2, 0.25) is 11.7 Å². The smallest absolute Gasteiger partial charge is 0.339 e. The fourth-order valence-corrected chi connectivity index (χ4v) is 4.09. The van der Waals surface area contributed by atoms with Crippen molar-refractivity contribution in [1.82, 2.24) is 15.0 Å². The van der Waals surface area contributed by atoms with Gasteiger partial charge in [0, 0.05) is 36.1 Å². The number of piperidine rings is 1. The minimum absolute atomic E-state index is 0.174. The maximum Gasteiger partial charge on any atom is 0.416 e. The normalized spacial score (nSPS) is 17.2. The van der Waals surface area contributed by atoms with Crippen molar-refractivity contribution in [2.24, 2.45) is 5.92 Å². The van der Waals surface area contributed by atoms with Crippen LogP contribution in [0.4, 0.5) is 23.7 Å². The van der Waals surface area contributed by atoms with E-state index >= 15 is 0 Å². The van der Waals surface area contributed by atoms with Crippen molar-refractivity contribution in [2.45, 2.75) is 25.4 Å². The van der Waals surface area contributed by atoms with Crippen LogP contribution >= 0.6 is 11.3 Å². The van der Waals surface area contributed by atoms with E-state index in [0.717, 1.165) is 30.5 Å². The van der Waals surface area contributed by atoms with Gasteiger partial charge in [0.15, 0.2) is 0 Å². The Balaban J connectivity index is 1.34. The van der Waals surface area contributed by atoms with Crippen LogP contribution in [-0.2, 0) is 12.6 Å². The number of amides is 2. The molecule has 30 heavy (non-hydrogen) atoms. The summed E-state index contributed by atoms with van der Waals surface area (Å²) in [4.78, 5) is 18.6. The van der Waals surface area contributed by atoms with Crippen molar-refractivity contribution in [3.63, 3.8) is 0 Å². The molecule has 1 aromatic carbocycles. The largest absolute Gasteiger partial charge is 0.416 e. The van der Waals surface area contributed by atoms with Gasteiger partial charge in [-0.2, -0.15) is 29.5 Å². The highest BCUT2D eigenvalue weighted by atomic mass is 32.1. The lowest BCUT2D eigenvalue weighted by Crippen LogP contribution is -2.42. The second-order valence-electron chi connectivity index (χ2n) is 7.19. The van der Waals surface area contributed by atoms with Crippen LogP contribution in [0, 0.1) is 5.92 Å². The summed E-state index contributed by atoms with van der Waals surface area (Å²) in [5.74, 6) is 1.26. The Kier molecular flexibility index (Phi) is 5.76. The summed E-state index contributed by atoms with van der Waals surface area (Å²) < 4.78 is 43.3. The first-order valence-corrected chi connectivity index (χ1v) is 10.4. The van der Waals surface area contributed by atoms with Crippen molar-refractivity contribution in [1.29, 1.82) is 0 Å². The summed E-state index contributed by atoms with van der Waals surface area (Å²) in [6.45, 7) is 1.11. The molecule has 0 spiro atoms. The molecule has 6 nitrogen and oxygen atoms in total. The van der Waals surface area contributed by atoms with Gasteiger partial charge in [-0.15, -0.1) is 0 Å². The average molecular weight is 436 g/mol. The number of hydrogen-bond acceptors (Lipinski definition) is 5. The predicted molar refractivity (Wildman–Crippen MR) is 106 cm³/mol. The third-order valence-corrected chi connectivity index (χ3v) is 5.66. The van der Waals surface area contributed by atoms with E-state index in [-0.39, 0.29) is 11.9 Å². The van der Waals surface area contributed by atoms with Crippen molar-refractivity contribution in [3.8, 4) is 11.4 Å². The van der Waals surface area contributed by atoms with Gasteiger partial charge in [0.25, 0.3) is 0 Å². The molecular weight excluding hydrogens is 417 g/mol. The van der Waals surface area contributed by atoms with Crippen LogP contribution < -0.4 is 5.32 Å². The molecule has 0 unspecified atom stereocenters. The van der Waals surface area contributed by atoms with Gasteiger partial charge in [0.1, 0.15) is 0 Å². The molecule has 2 amide bonds. The molecule has 0 aliphatic carbocycles. The molecule has 1 N–H and O–H groups in total. The van der Waals surface area contributed by atoms with Crippen molar-refractivity contribution in [2.75, 3.05) is 18.4 Å². The highest BCUT2D eigenvalue weighted by Crippen LogP contribution is 2.30. The summed E-state index contributed by atoms with van der Waals surface area (Å²) in [7, 11) is 0. The molecule has 10 heteroatoms. The monoisotopic (exact) mass is 436 g/mol. The van der Waals surface area contributed by atoms with Crippen LogP contribution in [0.5, 0.6) is 0 Å². The van der Waals surface area contributed by atoms with E-state index in [2.05, 4.69) is 15.5 Å². The third kappa shape index (κ3) is 4.81. The number of urea groups is 1. The number of anilines is 1. The van der Waals surface area contributed by atoms with Gasteiger partial charge in [-0.3, -0.25) is 0 Å². The lowest BCUT2D eigenvalue weighted by Gasteiger charge is -2.32. The summed E-state index contributed by atoms with van der Waals surface area (Å²) in [6, 6.07) is 6.01. The Morgan fingerprint density at radius 1 is 1.27 bits per heavy atom. The molecule has 0 radical (unpaired) electrons. The molecule has 3 heterocycles. The second-order valence-corrected chi connectivity index (χ2v) is 7.97. The molecule has 0 saturated carbocycles. The van der Waals surface area contributed by atoms with Gasteiger partial charge in [-0.05, 0) is 54.5 Å². The van der Waals surface area contributed by atoms with Gasteiger partial charge in [-0.25, -0.2) is 4.79 Å². The zero-order valence-electron chi connectivity index (χ0n) is 15.9. The number of likely N-dealkylation sites (tertiary alicyclic amines) is 1. The molecule has 1 saturated heterocycles. The number of rotatable bonds is 4. The Labute approximate surface area is 174 Å². The summed E-state index contributed by atoms with van der Waals surface area (Å²) >= 11 is 1.56. The standard InChI is InChI=1S/C20H19F3N4O2S/c21-20(22,23)15-3-5-16(6-4-15)24-19(28)27-8-1-2-13(11-27)10-17-25-18(26-29-17)14-7-9-30-12-14/h3-7,9,12-13H,1-2,8,10-11H2,(H,24,28)/t13-/m1/s1. The zero-order valence-corrected chi connectivity index (χ0v) is 16.7. The molecule has 2 aromatic heterocycles. The van der Waals surface area contributed by atoms with Crippen LogP contribution in [0.25, 0.3) is 11.4 Å². The number of thiophene rings is 1. The predicted octanol–water partition coefficient (Wildman–Crippen LogP) is 5.30. The van der Waals surface area contributed by atoms with E-state index in [1.165, 1.54) is 12.1 Å². The first kappa shape index (κ1) is 20.4. The number of carbonyl (C=O) groups is 1. The van der Waals surface area contributed by atoms with E-state index in [1.807, 2.05) is 16.8 Å². The summed E-state index contributed by atoms with van der Waals surface area (Å²) in [6.07, 6.45) is -2.07. The minimum Gasteiger partial charge on any atom is -0.339 e. The number of alkyl halides is 3. The number of carbonyl (C=O) groups excluding carboxylic acids is 1. The number of aromatic nitrogens is 2. The van der Waals surface area contributed by atoms with E-state index < -0.39 is 11.7 Å². The van der Waals surface area contributed by atoms with E-state index in [4.69, 9.17) is 4.52 Å². The topological polar surface area (TPSA) is 71.3 Å². The number of hydrogen-bond donors (Lipinski definition) is 1. The third-order valence-electron chi connectivity index (χ3n) is 4.98. The van der Waals surface area contributed by atoms with E-state index in [9.17, 15) is 18.0 Å². The van der Waals surface area contributed by atoms with Gasteiger partial charge < -0.3 is 14.7 Å². The number of halogens is 3. The molecule has 1 aliphatic rings. The molecule has 0 bridgehead atoms. The Morgan fingerprint density at radius 3 is 2.77 bits per heavy atom. The van der Waals surface area contributed by atoms with Crippen molar-refractivity contribution >= 4 is 23.1 Å². The maximum atomic E-state index is 12.7. The van der Waals surface area contributed by atoms with Gasteiger partial charge in [-0.1, -0.05) is 5.16 Å². The average Bonchev–Trinajstić information content (AvgIpc) is 3.40. The lowest BCUT2D eigenvalue weighted by molar-refractivity contribution is -0.137. The number of nitrogens with one attached hydrogen (secondary N) is 1. The Morgan fingerprint density at radius 2 is 2.07 bits per heavy atom. The lowest BCUT2D eigenvalue weighted by atomic mass is 9.95. The fraction of sp³-hybridized carbons (Fsp3) is 0.350. The van der Waals surface area contributed by atoms with Crippen LogP contribution in [-0.4, -0.2) is 34.2 Å². The molecule has 3 aromatic rings. The highest BCUT2D eigenvalue weighted by molar-refractivity contribution is 7.08. The molecule has 1 atom stereocenters. The highest BCUT2D eigenvalue weighted by Gasteiger charge is 2.30. The molecule has 158 valence electrons. The number of nitrogens with zero attached hydrogens (tertiary/aromatic N) is 3. The quantitative estimate of drug-likeness (QED) is 0.602.